The third kappa shape index (κ3) is 2.94. The van der Waals surface area contributed by atoms with Crippen LogP contribution in [0.25, 0.3) is 0 Å². The largest absolute Gasteiger partial charge is 0.378 e. The minimum atomic E-state index is -4.71. The molecule has 0 bridgehead atoms. The molecule has 0 saturated carbocycles. The van der Waals surface area contributed by atoms with Crippen molar-refractivity contribution in [1.29, 1.82) is 0 Å². The van der Waals surface area contributed by atoms with Crippen LogP contribution in [0.2, 0.25) is 0 Å². The fourth-order valence-corrected chi connectivity index (χ4v) is 1.72. The predicted octanol–water partition coefficient (Wildman–Crippen LogP) is 3.14. The second kappa shape index (κ2) is 5.69. The second-order valence-corrected chi connectivity index (χ2v) is 4.22. The van der Waals surface area contributed by atoms with Gasteiger partial charge in [-0.2, -0.15) is 8.78 Å². The van der Waals surface area contributed by atoms with Crippen LogP contribution in [0, 0.1) is 0 Å². The number of halogens is 4. The molecule has 1 rings (SSSR count). The highest BCUT2D eigenvalue weighted by atomic mass is 19.3. The molecule has 1 N–H and O–H groups in total. The number of hydrogen-bond acceptors (Lipinski definition) is 2. The second-order valence-electron chi connectivity index (χ2n) is 4.22. The summed E-state index contributed by atoms with van der Waals surface area (Å²) < 4.78 is 52.3. The first-order valence-corrected chi connectivity index (χ1v) is 5.71. The number of alkyl halides is 4. The van der Waals surface area contributed by atoms with Crippen LogP contribution >= 0.6 is 0 Å². The smallest absolute Gasteiger partial charge is 0.339 e. The molecule has 0 fully saturated rings. The molecule has 0 aliphatic carbocycles. The van der Waals surface area contributed by atoms with E-state index in [-0.39, 0.29) is 6.42 Å². The van der Waals surface area contributed by atoms with Crippen molar-refractivity contribution < 1.29 is 27.5 Å². The highest BCUT2D eigenvalue weighted by Crippen LogP contribution is 2.44. The van der Waals surface area contributed by atoms with Gasteiger partial charge in [0.15, 0.2) is 5.60 Å². The van der Waals surface area contributed by atoms with Gasteiger partial charge >= 0.3 is 12.3 Å². The Morgan fingerprint density at radius 1 is 1.26 bits per heavy atom. The molecule has 19 heavy (non-hydrogen) atoms. The summed E-state index contributed by atoms with van der Waals surface area (Å²) in [7, 11) is 0. The lowest BCUT2D eigenvalue weighted by Gasteiger charge is -2.35. The number of rotatable bonds is 6. The van der Waals surface area contributed by atoms with Crippen molar-refractivity contribution in [2.75, 3.05) is 0 Å². The van der Waals surface area contributed by atoms with E-state index >= 15 is 0 Å². The van der Waals surface area contributed by atoms with E-state index < -0.39 is 35.7 Å². The number of aliphatic hydroxyl groups is 1. The van der Waals surface area contributed by atoms with Gasteiger partial charge in [-0.1, -0.05) is 37.3 Å². The van der Waals surface area contributed by atoms with Crippen molar-refractivity contribution in [2.45, 2.75) is 37.7 Å². The number of carbonyl (C=O) groups is 1. The molecule has 0 saturated heterocycles. The first-order chi connectivity index (χ1) is 8.75. The molecule has 0 unspecified atom stereocenters. The van der Waals surface area contributed by atoms with Gasteiger partial charge in [0.25, 0.3) is 0 Å². The summed E-state index contributed by atoms with van der Waals surface area (Å²) in [5, 5.41) is 10.0. The Kier molecular flexibility index (Phi) is 4.68. The van der Waals surface area contributed by atoms with Crippen molar-refractivity contribution in [3.63, 3.8) is 0 Å². The zero-order valence-corrected chi connectivity index (χ0v) is 10.2. The lowest BCUT2D eigenvalue weighted by molar-refractivity contribution is -0.249. The summed E-state index contributed by atoms with van der Waals surface area (Å²) in [6, 6.07) is 6.35. The van der Waals surface area contributed by atoms with Crippen molar-refractivity contribution >= 4 is 5.78 Å². The molecule has 0 spiro atoms. The van der Waals surface area contributed by atoms with Crippen molar-refractivity contribution in [3.05, 3.63) is 35.9 Å². The number of hydrogen-bond donors (Lipinski definition) is 1. The number of Topliss-reactive ketones (excluding diaryl/α,β-unsaturated/α-hetero) is 1. The maximum Gasteiger partial charge on any atom is 0.339 e. The quantitative estimate of drug-likeness (QED) is 0.812. The Bertz CT molecular complexity index is 434. The average molecular weight is 278 g/mol. The monoisotopic (exact) mass is 278 g/mol. The Morgan fingerprint density at radius 2 is 1.79 bits per heavy atom. The van der Waals surface area contributed by atoms with E-state index in [9.17, 15) is 27.5 Å². The topological polar surface area (TPSA) is 37.3 Å². The molecular formula is C13H14F4O2. The van der Waals surface area contributed by atoms with Crippen LogP contribution in [0.1, 0.15) is 25.3 Å². The molecule has 0 amide bonds. The summed E-state index contributed by atoms with van der Waals surface area (Å²) in [5.74, 6) is -5.43. The summed E-state index contributed by atoms with van der Waals surface area (Å²) in [6.07, 6.45) is -5.23. The highest BCUT2D eigenvalue weighted by molar-refractivity contribution is 5.79. The molecule has 0 aliphatic heterocycles. The maximum atomic E-state index is 13.6. The van der Waals surface area contributed by atoms with Gasteiger partial charge < -0.3 is 5.11 Å². The Hall–Kier alpha value is -1.43. The average Bonchev–Trinajstić information content (AvgIpc) is 2.39. The van der Waals surface area contributed by atoms with Crippen LogP contribution in [0.4, 0.5) is 17.6 Å². The highest BCUT2D eigenvalue weighted by Gasteiger charge is 2.60. The van der Waals surface area contributed by atoms with Crippen LogP contribution < -0.4 is 0 Å². The van der Waals surface area contributed by atoms with Crippen LogP contribution in [-0.2, 0) is 10.4 Å². The van der Waals surface area contributed by atoms with Gasteiger partial charge in [0.05, 0.1) is 0 Å². The molecule has 2 nitrogen and oxygen atoms in total. The minimum absolute atomic E-state index is 0.117. The number of ketones is 1. The van der Waals surface area contributed by atoms with Crippen molar-refractivity contribution in [3.8, 4) is 0 Å². The van der Waals surface area contributed by atoms with Crippen molar-refractivity contribution in [2.24, 2.45) is 0 Å². The zero-order valence-electron chi connectivity index (χ0n) is 10.2. The molecule has 0 aliphatic rings. The summed E-state index contributed by atoms with van der Waals surface area (Å²) in [6.45, 7) is 1.41. The first kappa shape index (κ1) is 15.6. The first-order valence-electron chi connectivity index (χ1n) is 5.71. The molecule has 1 aromatic rings. The Balaban J connectivity index is 3.29. The fourth-order valence-electron chi connectivity index (χ4n) is 1.72. The maximum absolute atomic E-state index is 13.6. The molecule has 0 radical (unpaired) electrons. The van der Waals surface area contributed by atoms with Gasteiger partial charge in [0.2, 0.25) is 0 Å². The van der Waals surface area contributed by atoms with E-state index in [0.29, 0.717) is 0 Å². The van der Waals surface area contributed by atoms with Crippen molar-refractivity contribution in [1.82, 2.24) is 0 Å². The third-order valence-electron chi connectivity index (χ3n) is 2.92. The zero-order chi connectivity index (χ0) is 14.7. The predicted molar refractivity (Wildman–Crippen MR) is 61.2 cm³/mol. The van der Waals surface area contributed by atoms with Gasteiger partial charge in [-0.25, -0.2) is 8.78 Å². The van der Waals surface area contributed by atoms with E-state index in [2.05, 4.69) is 0 Å². The van der Waals surface area contributed by atoms with E-state index in [4.69, 9.17) is 0 Å². The Morgan fingerprint density at radius 3 is 2.21 bits per heavy atom. The van der Waals surface area contributed by atoms with E-state index in [1.54, 1.807) is 0 Å². The van der Waals surface area contributed by atoms with Crippen LogP contribution in [0.5, 0.6) is 0 Å². The van der Waals surface area contributed by atoms with Gasteiger partial charge in [-0.15, -0.1) is 0 Å². The van der Waals surface area contributed by atoms with Crippen LogP contribution in [0.15, 0.2) is 30.3 Å². The van der Waals surface area contributed by atoms with E-state index in [1.807, 2.05) is 0 Å². The molecule has 6 heteroatoms. The lowest BCUT2D eigenvalue weighted by Crippen LogP contribution is -2.51. The normalized spacial score (nSPS) is 15.3. The van der Waals surface area contributed by atoms with Gasteiger partial charge in [0, 0.05) is 12.8 Å². The molecule has 1 aromatic carbocycles. The van der Waals surface area contributed by atoms with Gasteiger partial charge in [0.1, 0.15) is 5.78 Å². The Labute approximate surface area is 108 Å². The minimum Gasteiger partial charge on any atom is -0.378 e. The van der Waals surface area contributed by atoms with Gasteiger partial charge in [-0.3, -0.25) is 4.79 Å². The summed E-state index contributed by atoms with van der Waals surface area (Å²) in [5.41, 5.74) is -3.60. The number of benzene rings is 1. The molecular weight excluding hydrogens is 264 g/mol. The van der Waals surface area contributed by atoms with E-state index in [1.165, 1.54) is 25.1 Å². The summed E-state index contributed by atoms with van der Waals surface area (Å²) in [4.78, 5) is 11.3. The fraction of sp³-hybridized carbons (Fsp3) is 0.462. The molecule has 106 valence electrons. The lowest BCUT2D eigenvalue weighted by atomic mass is 9.82. The standard InChI is InChI=1S/C13H14F4O2/c1-2-10(18)8-12(19,13(16,17)11(14)15)9-6-4-3-5-7-9/h3-7,11,19H,2,8H2,1H3/t12-/m1/s1. The third-order valence-corrected chi connectivity index (χ3v) is 2.92. The molecule has 1 atom stereocenters. The molecule has 0 heterocycles. The van der Waals surface area contributed by atoms with Gasteiger partial charge in [-0.05, 0) is 5.56 Å². The summed E-state index contributed by atoms with van der Waals surface area (Å²) >= 11 is 0. The van der Waals surface area contributed by atoms with Crippen LogP contribution in [-0.4, -0.2) is 23.2 Å². The number of carbonyl (C=O) groups excluding carboxylic acids is 1. The van der Waals surface area contributed by atoms with E-state index in [0.717, 1.165) is 12.1 Å². The SMILES string of the molecule is CCC(=O)C[C@@](O)(c1ccccc1)C(F)(F)C(F)F. The van der Waals surface area contributed by atoms with Crippen LogP contribution in [0.3, 0.4) is 0 Å². The molecule has 0 aromatic heterocycles.